The van der Waals surface area contributed by atoms with Gasteiger partial charge < -0.3 is 15.7 Å². The van der Waals surface area contributed by atoms with E-state index < -0.39 is 6.23 Å². The van der Waals surface area contributed by atoms with Crippen LogP contribution in [-0.2, 0) is 0 Å². The van der Waals surface area contributed by atoms with Gasteiger partial charge in [0.1, 0.15) is 6.23 Å². The van der Waals surface area contributed by atoms with Crippen LogP contribution in [0.1, 0.15) is 12.8 Å². The van der Waals surface area contributed by atoms with Crippen LogP contribution in [0.3, 0.4) is 0 Å². The second-order valence-electron chi connectivity index (χ2n) is 2.51. The molecule has 0 radical (unpaired) electrons. The summed E-state index contributed by atoms with van der Waals surface area (Å²) >= 11 is 0. The van der Waals surface area contributed by atoms with Gasteiger partial charge in [-0.3, -0.25) is 0 Å². The van der Waals surface area contributed by atoms with E-state index in [1.54, 1.807) is 0 Å². The molecular weight excluding hydrogens is 116 g/mol. The Hall–Kier alpha value is -0.120. The summed E-state index contributed by atoms with van der Waals surface area (Å²) in [5, 5.41) is 8.62. The van der Waals surface area contributed by atoms with Crippen LogP contribution in [0.15, 0.2) is 0 Å². The van der Waals surface area contributed by atoms with Crippen molar-refractivity contribution < 1.29 is 5.11 Å². The molecule has 0 amide bonds. The molecule has 0 rings (SSSR count). The predicted octanol–water partition coefficient (Wildman–Crippen LogP) is -0.395. The molecule has 9 heavy (non-hydrogen) atoms. The van der Waals surface area contributed by atoms with Crippen molar-refractivity contribution in [2.45, 2.75) is 19.1 Å². The molecule has 56 valence electrons. The number of hydrogen-bond acceptors (Lipinski definition) is 3. The van der Waals surface area contributed by atoms with E-state index in [1.807, 2.05) is 14.1 Å². The van der Waals surface area contributed by atoms with Crippen molar-refractivity contribution in [3.8, 4) is 0 Å². The topological polar surface area (TPSA) is 49.5 Å². The zero-order chi connectivity index (χ0) is 7.28. The summed E-state index contributed by atoms with van der Waals surface area (Å²) in [4.78, 5) is 2.07. The van der Waals surface area contributed by atoms with Gasteiger partial charge in [0.05, 0.1) is 0 Å². The lowest BCUT2D eigenvalue weighted by atomic mass is 10.3. The number of aliphatic hydroxyl groups is 1. The van der Waals surface area contributed by atoms with Gasteiger partial charge in [0.2, 0.25) is 0 Å². The lowest BCUT2D eigenvalue weighted by molar-refractivity contribution is 0.165. The van der Waals surface area contributed by atoms with Gasteiger partial charge in [-0.1, -0.05) is 0 Å². The van der Waals surface area contributed by atoms with E-state index in [0.717, 1.165) is 13.0 Å². The molecule has 0 heterocycles. The van der Waals surface area contributed by atoms with Crippen molar-refractivity contribution in [2.24, 2.45) is 5.73 Å². The number of rotatable bonds is 4. The maximum Gasteiger partial charge on any atom is 0.102 e. The Kier molecular flexibility index (Phi) is 4.67. The van der Waals surface area contributed by atoms with Gasteiger partial charge in [-0.15, -0.1) is 0 Å². The average molecular weight is 132 g/mol. The van der Waals surface area contributed by atoms with Gasteiger partial charge in [-0.2, -0.15) is 0 Å². The minimum atomic E-state index is -0.634. The summed E-state index contributed by atoms with van der Waals surface area (Å²) in [6.07, 6.45) is 1.02. The summed E-state index contributed by atoms with van der Waals surface area (Å²) in [6.45, 7) is 0.994. The monoisotopic (exact) mass is 132 g/mol. The first-order chi connectivity index (χ1) is 4.13. The van der Waals surface area contributed by atoms with Gasteiger partial charge in [0.15, 0.2) is 0 Å². The number of hydrogen-bond donors (Lipinski definition) is 2. The summed E-state index contributed by atoms with van der Waals surface area (Å²) in [7, 11) is 4.01. The van der Waals surface area contributed by atoms with E-state index in [1.165, 1.54) is 0 Å². The molecule has 1 unspecified atom stereocenters. The molecule has 0 aliphatic heterocycles. The molecular formula is C6H16N2O. The largest absolute Gasteiger partial charge is 0.379 e. The van der Waals surface area contributed by atoms with Crippen molar-refractivity contribution in [1.82, 2.24) is 4.90 Å². The Balaban J connectivity index is 2.91. The van der Waals surface area contributed by atoms with Crippen LogP contribution in [0.2, 0.25) is 0 Å². The first-order valence-corrected chi connectivity index (χ1v) is 3.21. The summed E-state index contributed by atoms with van der Waals surface area (Å²) in [5.74, 6) is 0. The van der Waals surface area contributed by atoms with Gasteiger partial charge in [0.25, 0.3) is 0 Å². The van der Waals surface area contributed by atoms with Crippen LogP contribution >= 0.6 is 0 Å². The Morgan fingerprint density at radius 1 is 1.56 bits per heavy atom. The van der Waals surface area contributed by atoms with Crippen molar-refractivity contribution >= 4 is 0 Å². The van der Waals surface area contributed by atoms with Crippen molar-refractivity contribution in [3.05, 3.63) is 0 Å². The van der Waals surface area contributed by atoms with E-state index in [9.17, 15) is 0 Å². The Bertz CT molecular complexity index is 56.1. The highest BCUT2D eigenvalue weighted by molar-refractivity contribution is 4.48. The molecule has 0 spiro atoms. The molecule has 0 fully saturated rings. The smallest absolute Gasteiger partial charge is 0.102 e. The number of nitrogens with zero attached hydrogens (tertiary/aromatic N) is 1. The lowest BCUT2D eigenvalue weighted by Crippen LogP contribution is -2.21. The highest BCUT2D eigenvalue weighted by Gasteiger charge is 1.95. The molecule has 0 aromatic rings. The molecule has 0 aliphatic carbocycles. The fourth-order valence-corrected chi connectivity index (χ4v) is 0.617. The highest BCUT2D eigenvalue weighted by Crippen LogP contribution is 1.91. The van der Waals surface area contributed by atoms with Gasteiger partial charge in [-0.05, 0) is 33.5 Å². The molecule has 0 bridgehead atoms. The van der Waals surface area contributed by atoms with Gasteiger partial charge in [0, 0.05) is 0 Å². The SMILES string of the molecule is CN(C)CCCC(N)O. The number of aliphatic hydroxyl groups excluding tert-OH is 1. The van der Waals surface area contributed by atoms with Crippen LogP contribution in [0.25, 0.3) is 0 Å². The van der Waals surface area contributed by atoms with Crippen molar-refractivity contribution in [2.75, 3.05) is 20.6 Å². The fourth-order valence-electron chi connectivity index (χ4n) is 0.617. The third-order valence-electron chi connectivity index (χ3n) is 1.11. The van der Waals surface area contributed by atoms with Crippen LogP contribution in [-0.4, -0.2) is 36.9 Å². The van der Waals surface area contributed by atoms with Crippen molar-refractivity contribution in [3.63, 3.8) is 0 Å². The zero-order valence-electron chi connectivity index (χ0n) is 6.17. The second kappa shape index (κ2) is 4.73. The Morgan fingerprint density at radius 3 is 2.44 bits per heavy atom. The van der Waals surface area contributed by atoms with Crippen LogP contribution in [0.5, 0.6) is 0 Å². The molecule has 3 heteroatoms. The molecule has 0 aromatic heterocycles. The van der Waals surface area contributed by atoms with Gasteiger partial charge >= 0.3 is 0 Å². The predicted molar refractivity (Wildman–Crippen MR) is 38.0 cm³/mol. The molecule has 0 aliphatic rings. The maximum atomic E-state index is 8.62. The van der Waals surface area contributed by atoms with Crippen molar-refractivity contribution in [1.29, 1.82) is 0 Å². The molecule has 0 saturated heterocycles. The van der Waals surface area contributed by atoms with E-state index in [2.05, 4.69) is 4.90 Å². The third kappa shape index (κ3) is 7.88. The van der Waals surface area contributed by atoms with E-state index >= 15 is 0 Å². The van der Waals surface area contributed by atoms with E-state index in [0.29, 0.717) is 6.42 Å². The van der Waals surface area contributed by atoms with Crippen LogP contribution in [0, 0.1) is 0 Å². The van der Waals surface area contributed by atoms with E-state index in [-0.39, 0.29) is 0 Å². The van der Waals surface area contributed by atoms with Crippen LogP contribution in [0.4, 0.5) is 0 Å². The first-order valence-electron chi connectivity index (χ1n) is 3.21. The summed E-state index contributed by atoms with van der Waals surface area (Å²) < 4.78 is 0. The second-order valence-corrected chi connectivity index (χ2v) is 2.51. The maximum absolute atomic E-state index is 8.62. The average Bonchev–Trinajstić information content (AvgIpc) is 1.63. The number of nitrogens with two attached hydrogens (primary N) is 1. The minimum Gasteiger partial charge on any atom is -0.379 e. The summed E-state index contributed by atoms with van der Waals surface area (Å²) in [5.41, 5.74) is 5.12. The first kappa shape index (κ1) is 8.88. The Morgan fingerprint density at radius 2 is 2.11 bits per heavy atom. The van der Waals surface area contributed by atoms with Crippen LogP contribution < -0.4 is 5.73 Å². The quantitative estimate of drug-likeness (QED) is 0.512. The fraction of sp³-hybridized carbons (Fsp3) is 1.00. The normalized spacial score (nSPS) is 14.3. The molecule has 3 N–H and O–H groups in total. The van der Waals surface area contributed by atoms with Gasteiger partial charge in [-0.25, -0.2) is 0 Å². The third-order valence-corrected chi connectivity index (χ3v) is 1.11. The molecule has 3 nitrogen and oxygen atoms in total. The molecule has 0 aromatic carbocycles. The Labute approximate surface area is 56.5 Å². The van der Waals surface area contributed by atoms with E-state index in [4.69, 9.17) is 10.8 Å². The minimum absolute atomic E-state index is 0.634. The molecule has 1 atom stereocenters. The molecule has 0 saturated carbocycles. The highest BCUT2D eigenvalue weighted by atomic mass is 16.3. The standard InChI is InChI=1S/C6H16N2O/c1-8(2)5-3-4-6(7)9/h6,9H,3-5,7H2,1-2H3. The zero-order valence-corrected chi connectivity index (χ0v) is 6.17. The lowest BCUT2D eigenvalue weighted by Gasteiger charge is -2.09. The summed E-state index contributed by atoms with van der Waals surface area (Å²) in [6, 6.07) is 0.